The summed E-state index contributed by atoms with van der Waals surface area (Å²) >= 11 is 0. The normalized spacial score (nSPS) is 24.6. The summed E-state index contributed by atoms with van der Waals surface area (Å²) in [6, 6.07) is 0. The van der Waals surface area contributed by atoms with Gasteiger partial charge in [-0.1, -0.05) is 39.5 Å². The van der Waals surface area contributed by atoms with Gasteiger partial charge < -0.3 is 4.90 Å². The van der Waals surface area contributed by atoms with Gasteiger partial charge in [0.25, 0.3) is 0 Å². The number of hydrogen-bond donors (Lipinski definition) is 0. The molecule has 3 rings (SSSR count). The molecular formula is C20H26F3N3. The Kier molecular flexibility index (Phi) is 4.57. The van der Waals surface area contributed by atoms with Crippen LogP contribution in [0.1, 0.15) is 46.5 Å². The number of amidine groups is 1. The van der Waals surface area contributed by atoms with Crippen molar-refractivity contribution in [1.29, 1.82) is 0 Å². The van der Waals surface area contributed by atoms with Crippen molar-refractivity contribution >= 4 is 5.84 Å². The van der Waals surface area contributed by atoms with Crippen LogP contribution in [-0.4, -0.2) is 34.5 Å². The molecule has 0 spiro atoms. The number of alkyl halides is 3. The molecule has 6 heteroatoms. The number of halogens is 3. The minimum atomic E-state index is -4.35. The minimum Gasteiger partial charge on any atom is -0.303 e. The Labute approximate surface area is 153 Å². The maximum atomic E-state index is 13.3. The SMILES string of the molecule is C=C1C2C=C(C(F)(F)F)C=CC2=C2N(C)N=C(CCC)N2C1(CC)CC. The monoisotopic (exact) mass is 365 g/mol. The van der Waals surface area contributed by atoms with E-state index in [4.69, 9.17) is 5.10 Å². The molecule has 0 aromatic heterocycles. The predicted octanol–water partition coefficient (Wildman–Crippen LogP) is 5.36. The van der Waals surface area contributed by atoms with Gasteiger partial charge in [-0.3, -0.25) is 5.01 Å². The molecule has 3 aliphatic rings. The topological polar surface area (TPSA) is 18.8 Å². The van der Waals surface area contributed by atoms with Crippen molar-refractivity contribution in [2.75, 3.05) is 7.05 Å². The molecule has 1 atom stereocenters. The first-order chi connectivity index (χ1) is 12.2. The molecule has 1 aliphatic carbocycles. The van der Waals surface area contributed by atoms with Crippen LogP contribution < -0.4 is 0 Å². The predicted molar refractivity (Wildman–Crippen MR) is 98.2 cm³/mol. The lowest BCUT2D eigenvalue weighted by Gasteiger charge is -2.51. The van der Waals surface area contributed by atoms with E-state index >= 15 is 0 Å². The molecule has 26 heavy (non-hydrogen) atoms. The summed E-state index contributed by atoms with van der Waals surface area (Å²) in [6.07, 6.45) is 3.06. The summed E-state index contributed by atoms with van der Waals surface area (Å²) in [5.74, 6) is 1.42. The zero-order chi connectivity index (χ0) is 19.3. The highest BCUT2D eigenvalue weighted by atomic mass is 19.4. The number of nitrogens with zero attached hydrogens (tertiary/aromatic N) is 3. The lowest BCUT2D eigenvalue weighted by molar-refractivity contribution is -0.0887. The summed E-state index contributed by atoms with van der Waals surface area (Å²) in [5, 5.41) is 6.52. The van der Waals surface area contributed by atoms with E-state index < -0.39 is 23.2 Å². The number of fused-ring (bicyclic) bond motifs is 2. The van der Waals surface area contributed by atoms with Gasteiger partial charge in [0, 0.05) is 25.0 Å². The molecule has 0 N–H and O–H groups in total. The molecule has 0 fully saturated rings. The first-order valence-electron chi connectivity index (χ1n) is 9.23. The van der Waals surface area contributed by atoms with Crippen LogP contribution in [0.25, 0.3) is 0 Å². The third kappa shape index (κ3) is 2.53. The van der Waals surface area contributed by atoms with Crippen molar-refractivity contribution in [3.8, 4) is 0 Å². The lowest BCUT2D eigenvalue weighted by Crippen LogP contribution is -2.55. The van der Waals surface area contributed by atoms with Crippen LogP contribution in [0.3, 0.4) is 0 Å². The Bertz CT molecular complexity index is 736. The van der Waals surface area contributed by atoms with Gasteiger partial charge in [0.15, 0.2) is 0 Å². The molecule has 1 unspecified atom stereocenters. The summed E-state index contributed by atoms with van der Waals surface area (Å²) < 4.78 is 39.8. The molecule has 0 aromatic rings. The van der Waals surface area contributed by atoms with Gasteiger partial charge in [-0.15, -0.1) is 0 Å². The average Bonchev–Trinajstić information content (AvgIpc) is 2.92. The van der Waals surface area contributed by atoms with Crippen molar-refractivity contribution in [3.05, 3.63) is 47.3 Å². The van der Waals surface area contributed by atoms with Gasteiger partial charge in [0.05, 0.1) is 11.1 Å². The fourth-order valence-corrected chi connectivity index (χ4v) is 4.44. The van der Waals surface area contributed by atoms with E-state index in [2.05, 4.69) is 32.3 Å². The second-order valence-corrected chi connectivity index (χ2v) is 7.10. The van der Waals surface area contributed by atoms with Crippen LogP contribution in [0.4, 0.5) is 13.2 Å². The van der Waals surface area contributed by atoms with E-state index in [1.54, 1.807) is 6.08 Å². The van der Waals surface area contributed by atoms with Gasteiger partial charge in [-0.2, -0.15) is 18.3 Å². The van der Waals surface area contributed by atoms with Crippen LogP contribution in [0, 0.1) is 5.92 Å². The van der Waals surface area contributed by atoms with Gasteiger partial charge in [0.2, 0.25) is 0 Å². The second-order valence-electron chi connectivity index (χ2n) is 7.10. The zero-order valence-corrected chi connectivity index (χ0v) is 15.8. The largest absolute Gasteiger partial charge is 0.416 e. The van der Waals surface area contributed by atoms with E-state index in [9.17, 15) is 13.2 Å². The summed E-state index contributed by atoms with van der Waals surface area (Å²) in [4.78, 5) is 2.24. The molecule has 0 saturated carbocycles. The number of hydrazone groups is 1. The van der Waals surface area contributed by atoms with Crippen molar-refractivity contribution < 1.29 is 13.2 Å². The van der Waals surface area contributed by atoms with Crippen molar-refractivity contribution in [2.45, 2.75) is 58.2 Å². The van der Waals surface area contributed by atoms with Crippen molar-refractivity contribution in [3.63, 3.8) is 0 Å². The Morgan fingerprint density at radius 2 is 1.85 bits per heavy atom. The first kappa shape index (κ1) is 18.8. The molecule has 2 aliphatic heterocycles. The van der Waals surface area contributed by atoms with E-state index in [1.165, 1.54) is 12.2 Å². The first-order valence-corrected chi connectivity index (χ1v) is 9.23. The minimum absolute atomic E-state index is 0.416. The molecule has 0 radical (unpaired) electrons. The fourth-order valence-electron chi connectivity index (χ4n) is 4.44. The van der Waals surface area contributed by atoms with Gasteiger partial charge in [-0.25, -0.2) is 0 Å². The Morgan fingerprint density at radius 3 is 2.38 bits per heavy atom. The fraction of sp³-hybridized carbons (Fsp3) is 0.550. The Morgan fingerprint density at radius 1 is 1.19 bits per heavy atom. The maximum absolute atomic E-state index is 13.3. The lowest BCUT2D eigenvalue weighted by atomic mass is 9.69. The van der Waals surface area contributed by atoms with Crippen LogP contribution >= 0.6 is 0 Å². The highest BCUT2D eigenvalue weighted by Gasteiger charge is 2.51. The van der Waals surface area contributed by atoms with Gasteiger partial charge in [0.1, 0.15) is 11.7 Å². The van der Waals surface area contributed by atoms with Crippen molar-refractivity contribution in [1.82, 2.24) is 9.91 Å². The molecule has 142 valence electrons. The molecule has 3 nitrogen and oxygen atoms in total. The highest BCUT2D eigenvalue weighted by molar-refractivity contribution is 5.88. The number of hydrogen-bond acceptors (Lipinski definition) is 3. The molecule has 0 bridgehead atoms. The number of allylic oxidation sites excluding steroid dienone is 5. The second kappa shape index (κ2) is 6.32. The molecule has 0 saturated heterocycles. The summed E-state index contributed by atoms with van der Waals surface area (Å²) in [7, 11) is 1.87. The summed E-state index contributed by atoms with van der Waals surface area (Å²) in [5.41, 5.74) is 0.655. The van der Waals surface area contributed by atoms with E-state index in [-0.39, 0.29) is 0 Å². The Balaban J connectivity index is 2.21. The number of rotatable bonds is 4. The van der Waals surface area contributed by atoms with Gasteiger partial charge in [-0.05, 0) is 30.9 Å². The van der Waals surface area contributed by atoms with Crippen LogP contribution in [0.15, 0.2) is 52.4 Å². The zero-order valence-electron chi connectivity index (χ0n) is 15.8. The third-order valence-corrected chi connectivity index (χ3v) is 5.80. The third-order valence-electron chi connectivity index (χ3n) is 5.80. The van der Waals surface area contributed by atoms with Crippen LogP contribution in [0.2, 0.25) is 0 Å². The molecule has 0 aromatic carbocycles. The maximum Gasteiger partial charge on any atom is 0.416 e. The van der Waals surface area contributed by atoms with Gasteiger partial charge >= 0.3 is 6.18 Å². The Hall–Kier alpha value is -1.98. The standard InChI is InChI=1S/C20H26F3N3/c1-6-9-17-24-25(5)18-15-11-10-14(20(21,22)23)12-16(15)13(4)19(7-2,8-3)26(17)18/h10-12,16H,4,6-9H2,1-3,5H3. The summed E-state index contributed by atoms with van der Waals surface area (Å²) in [6.45, 7) is 10.6. The van der Waals surface area contributed by atoms with Crippen LogP contribution in [0.5, 0.6) is 0 Å². The molecular weight excluding hydrogens is 339 g/mol. The highest BCUT2D eigenvalue weighted by Crippen LogP contribution is 2.51. The molecule has 2 heterocycles. The van der Waals surface area contributed by atoms with Crippen molar-refractivity contribution in [2.24, 2.45) is 11.0 Å². The quantitative estimate of drug-likeness (QED) is 0.625. The van der Waals surface area contributed by atoms with E-state index in [1.807, 2.05) is 12.1 Å². The van der Waals surface area contributed by atoms with E-state index in [0.29, 0.717) is 0 Å². The molecule has 0 amide bonds. The van der Waals surface area contributed by atoms with E-state index in [0.717, 1.165) is 48.5 Å². The average molecular weight is 365 g/mol. The smallest absolute Gasteiger partial charge is 0.303 e. The van der Waals surface area contributed by atoms with Crippen LogP contribution in [-0.2, 0) is 0 Å².